The molecule has 1 aromatic heterocycles. The molecule has 1 fully saturated rings. The Bertz CT molecular complexity index is 435. The minimum atomic E-state index is -0.580. The number of aliphatic hydroxyl groups is 1. The third-order valence-corrected chi connectivity index (χ3v) is 3.54. The van der Waals surface area contributed by atoms with Crippen molar-refractivity contribution in [1.29, 1.82) is 0 Å². The summed E-state index contributed by atoms with van der Waals surface area (Å²) in [7, 11) is 0. The van der Waals surface area contributed by atoms with Gasteiger partial charge in [0.05, 0.1) is 24.9 Å². The summed E-state index contributed by atoms with van der Waals surface area (Å²) in [6, 6.07) is 0. The Morgan fingerprint density at radius 1 is 1.36 bits per heavy atom. The summed E-state index contributed by atoms with van der Waals surface area (Å²) in [5.74, 6) is 1.25. The monoisotopic (exact) mass is 396 g/mol. The molecule has 128 valence electrons. The van der Waals surface area contributed by atoms with Crippen molar-refractivity contribution in [3.05, 3.63) is 0 Å². The van der Waals surface area contributed by atoms with E-state index in [4.69, 9.17) is 9.47 Å². The topological polar surface area (TPSA) is 79.7 Å². The highest BCUT2D eigenvalue weighted by atomic mass is 79.9. The second kappa shape index (κ2) is 8.97. The summed E-state index contributed by atoms with van der Waals surface area (Å²) in [5.41, 5.74) is -0.0257. The van der Waals surface area contributed by atoms with Gasteiger partial charge in [-0.3, -0.25) is 0 Å². The zero-order chi connectivity index (χ0) is 15.3. The number of hydrogen-bond donors (Lipinski definition) is 2. The summed E-state index contributed by atoms with van der Waals surface area (Å²) in [4.78, 5) is 2.10. The molecule has 1 aromatic rings. The third-order valence-electron chi connectivity index (χ3n) is 3.03. The lowest BCUT2D eigenvalue weighted by Crippen LogP contribution is -2.42. The summed E-state index contributed by atoms with van der Waals surface area (Å²) in [6.45, 7) is 9.81. The van der Waals surface area contributed by atoms with Crippen molar-refractivity contribution in [2.24, 2.45) is 0 Å². The molecule has 1 aliphatic heterocycles. The quantitative estimate of drug-likeness (QED) is 0.744. The van der Waals surface area contributed by atoms with Crippen LogP contribution in [0.1, 0.15) is 20.8 Å². The third kappa shape index (κ3) is 6.33. The van der Waals surface area contributed by atoms with Gasteiger partial charge in [-0.15, -0.1) is 21.4 Å². The molecule has 0 bridgehead atoms. The molecular weight excluding hydrogens is 372 g/mol. The smallest absolute Gasteiger partial charge is 0.270 e. The average Bonchev–Trinajstić information content (AvgIpc) is 2.91. The maximum Gasteiger partial charge on any atom is 0.270 e. The molecule has 2 N–H and O–H groups in total. The van der Waals surface area contributed by atoms with E-state index in [1.54, 1.807) is 0 Å². The maximum atomic E-state index is 9.95. The van der Waals surface area contributed by atoms with Crippen LogP contribution in [-0.2, 0) is 4.74 Å². The Morgan fingerprint density at radius 3 is 2.68 bits per heavy atom. The van der Waals surface area contributed by atoms with Crippen LogP contribution in [0.2, 0.25) is 0 Å². The van der Waals surface area contributed by atoms with Gasteiger partial charge < -0.3 is 24.8 Å². The van der Waals surface area contributed by atoms with Gasteiger partial charge in [-0.2, -0.15) is 4.37 Å². The molecule has 1 atom stereocenters. The van der Waals surface area contributed by atoms with Crippen LogP contribution in [0.5, 0.6) is 5.88 Å². The number of nitrogens with zero attached hydrogens (tertiary/aromatic N) is 3. The fourth-order valence-electron chi connectivity index (χ4n) is 1.89. The van der Waals surface area contributed by atoms with Crippen LogP contribution in [0.15, 0.2) is 0 Å². The minimum Gasteiger partial charge on any atom is -0.472 e. The van der Waals surface area contributed by atoms with E-state index >= 15 is 0 Å². The molecule has 9 heteroatoms. The number of anilines is 1. The highest BCUT2D eigenvalue weighted by Gasteiger charge is 2.21. The molecular formula is C13H25BrN4O3S. The van der Waals surface area contributed by atoms with Crippen molar-refractivity contribution >= 4 is 34.5 Å². The van der Waals surface area contributed by atoms with Crippen molar-refractivity contribution in [1.82, 2.24) is 14.1 Å². The second-order valence-corrected chi connectivity index (χ2v) is 6.62. The van der Waals surface area contributed by atoms with E-state index in [9.17, 15) is 5.11 Å². The number of aromatic nitrogens is 2. The average molecular weight is 397 g/mol. The predicted octanol–water partition coefficient (Wildman–Crippen LogP) is 1.08. The lowest BCUT2D eigenvalue weighted by molar-refractivity contribution is 0.0975. The zero-order valence-corrected chi connectivity index (χ0v) is 15.8. The molecule has 2 heterocycles. The molecule has 1 aliphatic rings. The summed E-state index contributed by atoms with van der Waals surface area (Å²) >= 11 is 1.12. The Morgan fingerprint density at radius 2 is 2.05 bits per heavy atom. The van der Waals surface area contributed by atoms with E-state index in [1.165, 1.54) is 0 Å². The molecule has 2 rings (SSSR count). The van der Waals surface area contributed by atoms with E-state index in [-0.39, 0.29) is 29.1 Å². The van der Waals surface area contributed by atoms with Gasteiger partial charge >= 0.3 is 0 Å². The van der Waals surface area contributed by atoms with Crippen LogP contribution in [0.25, 0.3) is 0 Å². The minimum absolute atomic E-state index is 0. The summed E-state index contributed by atoms with van der Waals surface area (Å²) < 4.78 is 19.4. The first-order valence-electron chi connectivity index (χ1n) is 7.17. The van der Waals surface area contributed by atoms with Crippen LogP contribution < -0.4 is 15.0 Å². The first-order valence-corrected chi connectivity index (χ1v) is 7.90. The lowest BCUT2D eigenvalue weighted by Gasteiger charge is -2.27. The molecule has 0 saturated carbocycles. The van der Waals surface area contributed by atoms with Crippen LogP contribution in [0, 0.1) is 0 Å². The van der Waals surface area contributed by atoms with Gasteiger partial charge in [-0.25, -0.2) is 0 Å². The number of morpholine rings is 1. The van der Waals surface area contributed by atoms with Gasteiger partial charge in [0, 0.05) is 25.2 Å². The number of hydrogen-bond acceptors (Lipinski definition) is 8. The first kappa shape index (κ1) is 19.6. The van der Waals surface area contributed by atoms with Crippen molar-refractivity contribution < 1.29 is 14.6 Å². The van der Waals surface area contributed by atoms with E-state index in [2.05, 4.69) is 39.7 Å². The van der Waals surface area contributed by atoms with Gasteiger partial charge in [-0.1, -0.05) is 0 Å². The number of nitrogens with one attached hydrogen (secondary N) is 1. The molecule has 0 radical (unpaired) electrons. The number of ether oxygens (including phenoxy) is 2. The van der Waals surface area contributed by atoms with E-state index in [0.29, 0.717) is 25.6 Å². The molecule has 0 unspecified atom stereocenters. The van der Waals surface area contributed by atoms with Crippen LogP contribution >= 0.6 is 28.7 Å². The lowest BCUT2D eigenvalue weighted by atomic mass is 10.1. The molecule has 0 aromatic carbocycles. The van der Waals surface area contributed by atoms with Crippen molar-refractivity contribution in [2.75, 3.05) is 44.4 Å². The van der Waals surface area contributed by atoms with Gasteiger partial charge in [0.15, 0.2) is 0 Å². The van der Waals surface area contributed by atoms with Crippen LogP contribution in [-0.4, -0.2) is 65.0 Å². The Balaban J connectivity index is 0.00000242. The van der Waals surface area contributed by atoms with Crippen molar-refractivity contribution in [3.63, 3.8) is 0 Å². The van der Waals surface area contributed by atoms with Gasteiger partial charge in [0.2, 0.25) is 5.82 Å². The van der Waals surface area contributed by atoms with E-state index in [1.807, 2.05) is 0 Å². The predicted molar refractivity (Wildman–Crippen MR) is 92.5 cm³/mol. The van der Waals surface area contributed by atoms with Crippen molar-refractivity contribution in [2.45, 2.75) is 32.4 Å². The SMILES string of the molecule is Br.CC(C)(C)NC[C@H](O)COc1nsnc1N1CCOCC1. The number of β-amino-alcohol motifs (C(OH)–C–C–N with tert-alkyl or cyclic N) is 1. The fourth-order valence-corrected chi connectivity index (χ4v) is 2.41. The normalized spacial score (nSPS) is 17.0. The van der Waals surface area contributed by atoms with Crippen LogP contribution in [0.3, 0.4) is 0 Å². The van der Waals surface area contributed by atoms with Gasteiger partial charge in [0.25, 0.3) is 5.88 Å². The highest BCUT2D eigenvalue weighted by molar-refractivity contribution is 8.93. The Kier molecular flexibility index (Phi) is 7.98. The zero-order valence-electron chi connectivity index (χ0n) is 13.2. The number of rotatable bonds is 6. The summed E-state index contributed by atoms with van der Waals surface area (Å²) in [6.07, 6.45) is -0.580. The number of aliphatic hydroxyl groups excluding tert-OH is 1. The molecule has 0 amide bonds. The van der Waals surface area contributed by atoms with Gasteiger partial charge in [-0.05, 0) is 20.8 Å². The largest absolute Gasteiger partial charge is 0.472 e. The second-order valence-electron chi connectivity index (χ2n) is 6.09. The Hall–Kier alpha value is -0.480. The molecule has 7 nitrogen and oxygen atoms in total. The van der Waals surface area contributed by atoms with Gasteiger partial charge in [0.1, 0.15) is 12.7 Å². The first-order chi connectivity index (χ1) is 9.96. The maximum absolute atomic E-state index is 9.95. The van der Waals surface area contributed by atoms with Crippen LogP contribution in [0.4, 0.5) is 5.82 Å². The standard InChI is InChI=1S/C13H24N4O3S.BrH/c1-13(2,3)14-8-10(18)9-20-12-11(15-21-16-12)17-4-6-19-7-5-17;/h10,14,18H,4-9H2,1-3H3;1H/t10-;/m0./s1. The van der Waals surface area contributed by atoms with Crippen molar-refractivity contribution in [3.8, 4) is 5.88 Å². The van der Waals surface area contributed by atoms with E-state index in [0.717, 1.165) is 30.6 Å². The number of halogens is 1. The molecule has 0 spiro atoms. The molecule has 22 heavy (non-hydrogen) atoms. The Labute approximate surface area is 146 Å². The summed E-state index contributed by atoms with van der Waals surface area (Å²) in [5, 5.41) is 13.2. The van der Waals surface area contributed by atoms with E-state index < -0.39 is 6.10 Å². The highest BCUT2D eigenvalue weighted by Crippen LogP contribution is 2.26. The molecule has 1 saturated heterocycles. The molecule has 0 aliphatic carbocycles. The fraction of sp³-hybridized carbons (Fsp3) is 0.846.